The molecule has 19 heavy (non-hydrogen) atoms. The van der Waals surface area contributed by atoms with E-state index >= 15 is 0 Å². The van der Waals surface area contributed by atoms with Crippen molar-refractivity contribution in [1.29, 1.82) is 0 Å². The Morgan fingerprint density at radius 2 is 1.89 bits per heavy atom. The lowest BCUT2D eigenvalue weighted by atomic mass is 10.1. The van der Waals surface area contributed by atoms with Crippen molar-refractivity contribution < 1.29 is 19.4 Å². The first-order chi connectivity index (χ1) is 8.99. The van der Waals surface area contributed by atoms with E-state index in [1.165, 1.54) is 0 Å². The summed E-state index contributed by atoms with van der Waals surface area (Å²) in [6, 6.07) is 9.07. The van der Waals surface area contributed by atoms with E-state index in [-0.39, 0.29) is 18.2 Å². The lowest BCUT2D eigenvalue weighted by molar-refractivity contribution is -0.138. The number of amides is 1. The fourth-order valence-corrected chi connectivity index (χ4v) is 1.55. The number of hydrogen-bond donors (Lipinski definition) is 2. The van der Waals surface area contributed by atoms with E-state index in [0.717, 1.165) is 0 Å². The highest BCUT2D eigenvalue weighted by atomic mass is 16.5. The van der Waals surface area contributed by atoms with Crippen molar-refractivity contribution in [2.24, 2.45) is 5.92 Å². The molecule has 0 aromatic heterocycles. The van der Waals surface area contributed by atoms with Gasteiger partial charge in [0.25, 0.3) is 5.91 Å². The van der Waals surface area contributed by atoms with Crippen LogP contribution in [0.2, 0.25) is 0 Å². The second-order valence-electron chi connectivity index (χ2n) is 4.52. The lowest BCUT2D eigenvalue weighted by Gasteiger charge is -2.16. The first kappa shape index (κ1) is 15.0. The number of aliphatic carboxylic acids is 1. The van der Waals surface area contributed by atoms with Gasteiger partial charge in [0.15, 0.2) is 6.10 Å². The predicted octanol–water partition coefficient (Wildman–Crippen LogP) is 1.68. The Morgan fingerprint density at radius 1 is 1.26 bits per heavy atom. The SMILES string of the molecule is CC(CNC(=O)C(C)Oc1ccccc1)CC(=O)O. The van der Waals surface area contributed by atoms with Crippen LogP contribution in [-0.2, 0) is 9.59 Å². The van der Waals surface area contributed by atoms with Crippen molar-refractivity contribution >= 4 is 11.9 Å². The van der Waals surface area contributed by atoms with Crippen LogP contribution in [0.5, 0.6) is 5.75 Å². The van der Waals surface area contributed by atoms with Gasteiger partial charge in [0.2, 0.25) is 0 Å². The van der Waals surface area contributed by atoms with Gasteiger partial charge in [-0.15, -0.1) is 0 Å². The summed E-state index contributed by atoms with van der Waals surface area (Å²) in [5.41, 5.74) is 0. The number of para-hydroxylation sites is 1. The van der Waals surface area contributed by atoms with Crippen LogP contribution in [0.3, 0.4) is 0 Å². The molecule has 1 aromatic rings. The second kappa shape index (κ2) is 7.41. The van der Waals surface area contributed by atoms with E-state index in [4.69, 9.17) is 9.84 Å². The number of carboxylic acid groups (broad SMARTS) is 1. The molecule has 0 aliphatic heterocycles. The standard InChI is InChI=1S/C14H19NO4/c1-10(8-13(16)17)9-15-14(18)11(2)19-12-6-4-3-5-7-12/h3-7,10-11H,8-9H2,1-2H3,(H,15,18)(H,16,17). The molecule has 0 aliphatic carbocycles. The van der Waals surface area contributed by atoms with Gasteiger partial charge < -0.3 is 15.2 Å². The van der Waals surface area contributed by atoms with E-state index in [1.54, 1.807) is 26.0 Å². The number of carbonyl (C=O) groups excluding carboxylic acids is 1. The summed E-state index contributed by atoms with van der Waals surface area (Å²) in [7, 11) is 0. The number of carbonyl (C=O) groups is 2. The van der Waals surface area contributed by atoms with Crippen molar-refractivity contribution in [2.75, 3.05) is 6.54 Å². The minimum atomic E-state index is -0.865. The van der Waals surface area contributed by atoms with Crippen molar-refractivity contribution in [2.45, 2.75) is 26.4 Å². The van der Waals surface area contributed by atoms with Crippen LogP contribution in [0.1, 0.15) is 20.3 Å². The van der Waals surface area contributed by atoms with Gasteiger partial charge in [0.1, 0.15) is 5.75 Å². The fourth-order valence-electron chi connectivity index (χ4n) is 1.55. The highest BCUT2D eigenvalue weighted by Gasteiger charge is 2.16. The van der Waals surface area contributed by atoms with Crippen LogP contribution in [-0.4, -0.2) is 29.6 Å². The molecule has 2 unspecified atom stereocenters. The Kier molecular flexibility index (Phi) is 5.85. The minimum Gasteiger partial charge on any atom is -0.481 e. The molecule has 5 nitrogen and oxygen atoms in total. The first-order valence-corrected chi connectivity index (χ1v) is 6.20. The molecule has 0 saturated heterocycles. The molecule has 1 rings (SSSR count). The average molecular weight is 265 g/mol. The van der Waals surface area contributed by atoms with Gasteiger partial charge in [-0.3, -0.25) is 9.59 Å². The molecule has 0 bridgehead atoms. The molecule has 0 heterocycles. The number of nitrogens with one attached hydrogen (secondary N) is 1. The van der Waals surface area contributed by atoms with Crippen LogP contribution in [0, 0.1) is 5.92 Å². The molecule has 0 radical (unpaired) electrons. The van der Waals surface area contributed by atoms with Crippen molar-refractivity contribution in [3.05, 3.63) is 30.3 Å². The van der Waals surface area contributed by atoms with Gasteiger partial charge in [-0.25, -0.2) is 0 Å². The maximum absolute atomic E-state index is 11.8. The summed E-state index contributed by atoms with van der Waals surface area (Å²) >= 11 is 0. The first-order valence-electron chi connectivity index (χ1n) is 6.20. The quantitative estimate of drug-likeness (QED) is 0.786. The summed E-state index contributed by atoms with van der Waals surface area (Å²) < 4.78 is 5.46. The highest BCUT2D eigenvalue weighted by molar-refractivity contribution is 5.80. The van der Waals surface area contributed by atoms with Crippen LogP contribution in [0.15, 0.2) is 30.3 Å². The van der Waals surface area contributed by atoms with Gasteiger partial charge in [-0.05, 0) is 25.0 Å². The summed E-state index contributed by atoms with van der Waals surface area (Å²) in [5.74, 6) is -0.592. The Hall–Kier alpha value is -2.04. The zero-order chi connectivity index (χ0) is 14.3. The topological polar surface area (TPSA) is 75.6 Å². The maximum atomic E-state index is 11.8. The summed E-state index contributed by atoms with van der Waals surface area (Å²) in [5, 5.41) is 11.3. The minimum absolute atomic E-state index is 0.0359. The Morgan fingerprint density at radius 3 is 2.47 bits per heavy atom. The third-order valence-electron chi connectivity index (χ3n) is 2.57. The largest absolute Gasteiger partial charge is 0.481 e. The van der Waals surface area contributed by atoms with E-state index in [1.807, 2.05) is 18.2 Å². The van der Waals surface area contributed by atoms with Gasteiger partial charge in [-0.2, -0.15) is 0 Å². The number of benzene rings is 1. The molecule has 1 amide bonds. The number of carboxylic acids is 1. The number of rotatable bonds is 7. The summed E-state index contributed by atoms with van der Waals surface area (Å²) in [6.07, 6.45) is -0.576. The zero-order valence-electron chi connectivity index (χ0n) is 11.1. The zero-order valence-corrected chi connectivity index (χ0v) is 11.1. The molecule has 104 valence electrons. The van der Waals surface area contributed by atoms with Gasteiger partial charge in [-0.1, -0.05) is 25.1 Å². The third-order valence-corrected chi connectivity index (χ3v) is 2.57. The normalized spacial score (nSPS) is 13.4. The molecule has 2 N–H and O–H groups in total. The molecule has 0 spiro atoms. The smallest absolute Gasteiger partial charge is 0.303 e. The van der Waals surface area contributed by atoms with Crippen LogP contribution in [0.4, 0.5) is 0 Å². The Balaban J connectivity index is 2.35. The number of hydrogen-bond acceptors (Lipinski definition) is 3. The van der Waals surface area contributed by atoms with E-state index in [2.05, 4.69) is 5.32 Å². The monoisotopic (exact) mass is 265 g/mol. The van der Waals surface area contributed by atoms with Crippen LogP contribution >= 0.6 is 0 Å². The van der Waals surface area contributed by atoms with Crippen LogP contribution < -0.4 is 10.1 Å². The average Bonchev–Trinajstić information content (AvgIpc) is 2.36. The molecule has 1 aromatic carbocycles. The van der Waals surface area contributed by atoms with E-state index < -0.39 is 12.1 Å². The Labute approximate surface area is 112 Å². The Bertz CT molecular complexity index is 419. The third kappa shape index (κ3) is 5.90. The molecule has 0 saturated carbocycles. The van der Waals surface area contributed by atoms with E-state index in [9.17, 15) is 9.59 Å². The summed E-state index contributed by atoms with van der Waals surface area (Å²) in [6.45, 7) is 3.76. The second-order valence-corrected chi connectivity index (χ2v) is 4.52. The lowest BCUT2D eigenvalue weighted by Crippen LogP contribution is -2.38. The highest BCUT2D eigenvalue weighted by Crippen LogP contribution is 2.10. The van der Waals surface area contributed by atoms with Crippen molar-refractivity contribution in [3.63, 3.8) is 0 Å². The molecule has 0 aliphatic rings. The van der Waals surface area contributed by atoms with Gasteiger partial charge in [0.05, 0.1) is 0 Å². The van der Waals surface area contributed by atoms with Crippen LogP contribution in [0.25, 0.3) is 0 Å². The van der Waals surface area contributed by atoms with Crippen molar-refractivity contribution in [3.8, 4) is 5.75 Å². The summed E-state index contributed by atoms with van der Waals surface area (Å²) in [4.78, 5) is 22.2. The predicted molar refractivity (Wildman–Crippen MR) is 71.0 cm³/mol. The van der Waals surface area contributed by atoms with E-state index in [0.29, 0.717) is 12.3 Å². The van der Waals surface area contributed by atoms with Gasteiger partial charge >= 0.3 is 5.97 Å². The van der Waals surface area contributed by atoms with Gasteiger partial charge in [0, 0.05) is 13.0 Å². The molecule has 0 fully saturated rings. The molecule has 5 heteroatoms. The maximum Gasteiger partial charge on any atom is 0.303 e. The fraction of sp³-hybridized carbons (Fsp3) is 0.429. The molecule has 2 atom stereocenters. The number of ether oxygens (including phenoxy) is 1. The van der Waals surface area contributed by atoms with Crippen molar-refractivity contribution in [1.82, 2.24) is 5.32 Å². The molecular formula is C14H19NO4. The molecular weight excluding hydrogens is 246 g/mol.